The van der Waals surface area contributed by atoms with Crippen LogP contribution in [0.25, 0.3) is 12.2 Å². The van der Waals surface area contributed by atoms with Crippen LogP contribution in [-0.4, -0.2) is 28.2 Å². The van der Waals surface area contributed by atoms with Crippen molar-refractivity contribution >= 4 is 29.7 Å². The van der Waals surface area contributed by atoms with Gasteiger partial charge >= 0.3 is 0 Å². The Hall–Kier alpha value is -3.73. The lowest BCUT2D eigenvalue weighted by Gasteiger charge is -2.16. The molecule has 1 atom stereocenters. The average Bonchev–Trinajstić information content (AvgIpc) is 3.14. The SMILES string of the molecule is O=C(Nc1cccc(C=Cc2ccccn2)c1)C1CC(=O)N(Cc2ccccc2)C1. The Kier molecular flexibility index (Phi) is 5.99. The van der Waals surface area contributed by atoms with Crippen molar-refractivity contribution in [1.82, 2.24) is 9.88 Å². The molecule has 0 radical (unpaired) electrons. The highest BCUT2D eigenvalue weighted by molar-refractivity contribution is 5.97. The van der Waals surface area contributed by atoms with Gasteiger partial charge in [0.1, 0.15) is 0 Å². The molecule has 2 aromatic carbocycles. The molecule has 5 nitrogen and oxygen atoms in total. The molecule has 0 bridgehead atoms. The highest BCUT2D eigenvalue weighted by Gasteiger charge is 2.34. The van der Waals surface area contributed by atoms with E-state index < -0.39 is 0 Å². The van der Waals surface area contributed by atoms with Gasteiger partial charge in [-0.05, 0) is 41.5 Å². The van der Waals surface area contributed by atoms with Gasteiger partial charge in [-0.2, -0.15) is 0 Å². The third kappa shape index (κ3) is 5.00. The van der Waals surface area contributed by atoms with Crippen molar-refractivity contribution in [2.45, 2.75) is 13.0 Å². The Morgan fingerprint density at radius 3 is 2.67 bits per heavy atom. The van der Waals surface area contributed by atoms with Crippen LogP contribution in [0.3, 0.4) is 0 Å². The maximum atomic E-state index is 12.7. The first-order valence-corrected chi connectivity index (χ1v) is 9.99. The van der Waals surface area contributed by atoms with Crippen LogP contribution in [0.2, 0.25) is 0 Å². The lowest BCUT2D eigenvalue weighted by Crippen LogP contribution is -2.28. The minimum Gasteiger partial charge on any atom is -0.338 e. The van der Waals surface area contributed by atoms with Crippen molar-refractivity contribution < 1.29 is 9.59 Å². The summed E-state index contributed by atoms with van der Waals surface area (Å²) in [7, 11) is 0. The zero-order valence-electron chi connectivity index (χ0n) is 16.6. The quantitative estimate of drug-likeness (QED) is 0.677. The molecule has 150 valence electrons. The summed E-state index contributed by atoms with van der Waals surface area (Å²) in [5.74, 6) is -0.440. The van der Waals surface area contributed by atoms with Crippen LogP contribution in [0.5, 0.6) is 0 Å². The molecule has 1 aliphatic heterocycles. The van der Waals surface area contributed by atoms with Crippen LogP contribution in [0, 0.1) is 5.92 Å². The molecule has 30 heavy (non-hydrogen) atoms. The Morgan fingerprint density at radius 2 is 1.87 bits per heavy atom. The van der Waals surface area contributed by atoms with E-state index in [2.05, 4.69) is 10.3 Å². The van der Waals surface area contributed by atoms with Crippen molar-refractivity contribution in [1.29, 1.82) is 0 Å². The summed E-state index contributed by atoms with van der Waals surface area (Å²) in [5.41, 5.74) is 3.62. The molecular weight excluding hydrogens is 374 g/mol. The molecule has 1 N–H and O–H groups in total. The molecule has 0 aliphatic carbocycles. The molecule has 1 fully saturated rings. The van der Waals surface area contributed by atoms with Crippen molar-refractivity contribution in [3.05, 3.63) is 95.8 Å². The molecule has 0 saturated carbocycles. The molecule has 2 amide bonds. The number of likely N-dealkylation sites (tertiary alicyclic amines) is 1. The zero-order valence-corrected chi connectivity index (χ0v) is 16.6. The van der Waals surface area contributed by atoms with Crippen molar-refractivity contribution in [2.24, 2.45) is 5.92 Å². The van der Waals surface area contributed by atoms with Gasteiger partial charge in [0.15, 0.2) is 0 Å². The summed E-state index contributed by atoms with van der Waals surface area (Å²) in [6.07, 6.45) is 5.88. The van der Waals surface area contributed by atoms with Gasteiger partial charge in [-0.3, -0.25) is 14.6 Å². The fourth-order valence-electron chi connectivity index (χ4n) is 3.53. The van der Waals surface area contributed by atoms with Crippen LogP contribution in [0.4, 0.5) is 5.69 Å². The summed E-state index contributed by atoms with van der Waals surface area (Å²) in [6.45, 7) is 0.982. The fraction of sp³-hybridized carbons (Fsp3) is 0.160. The van der Waals surface area contributed by atoms with Gasteiger partial charge in [-0.15, -0.1) is 0 Å². The Morgan fingerprint density at radius 1 is 1.03 bits per heavy atom. The predicted molar refractivity (Wildman–Crippen MR) is 118 cm³/mol. The molecule has 2 heterocycles. The number of rotatable bonds is 6. The number of carbonyl (C=O) groups excluding carboxylic acids is 2. The Balaban J connectivity index is 1.37. The molecule has 4 rings (SSSR count). The van der Waals surface area contributed by atoms with Crippen LogP contribution < -0.4 is 5.32 Å². The summed E-state index contributed by atoms with van der Waals surface area (Å²) < 4.78 is 0. The number of hydrogen-bond donors (Lipinski definition) is 1. The zero-order chi connectivity index (χ0) is 20.8. The van der Waals surface area contributed by atoms with Crippen molar-refractivity contribution in [2.75, 3.05) is 11.9 Å². The third-order valence-electron chi connectivity index (χ3n) is 5.09. The molecule has 1 unspecified atom stereocenters. The molecule has 5 heteroatoms. The predicted octanol–water partition coefficient (Wildman–Crippen LogP) is 4.24. The molecule has 1 saturated heterocycles. The maximum Gasteiger partial charge on any atom is 0.229 e. The highest BCUT2D eigenvalue weighted by atomic mass is 16.2. The third-order valence-corrected chi connectivity index (χ3v) is 5.09. The largest absolute Gasteiger partial charge is 0.338 e. The Bertz CT molecular complexity index is 1050. The summed E-state index contributed by atoms with van der Waals surface area (Å²) >= 11 is 0. The van der Waals surface area contributed by atoms with E-state index >= 15 is 0 Å². The number of carbonyl (C=O) groups is 2. The van der Waals surface area contributed by atoms with E-state index in [1.54, 1.807) is 11.1 Å². The monoisotopic (exact) mass is 397 g/mol. The second-order valence-corrected chi connectivity index (χ2v) is 7.36. The van der Waals surface area contributed by atoms with Crippen molar-refractivity contribution in [3.63, 3.8) is 0 Å². The lowest BCUT2D eigenvalue weighted by molar-refractivity contribution is -0.128. The number of nitrogens with zero attached hydrogens (tertiary/aromatic N) is 2. The summed E-state index contributed by atoms with van der Waals surface area (Å²) in [5, 5.41) is 2.96. The molecule has 1 aliphatic rings. The topological polar surface area (TPSA) is 62.3 Å². The summed E-state index contributed by atoms with van der Waals surface area (Å²) in [6, 6.07) is 23.2. The maximum absolute atomic E-state index is 12.7. The number of amides is 2. The van der Waals surface area contributed by atoms with Gasteiger partial charge in [0.05, 0.1) is 11.6 Å². The number of benzene rings is 2. The van der Waals surface area contributed by atoms with Crippen molar-refractivity contribution in [3.8, 4) is 0 Å². The van der Waals surface area contributed by atoms with E-state index in [9.17, 15) is 9.59 Å². The second kappa shape index (κ2) is 9.18. The number of pyridine rings is 1. The first kappa shape index (κ1) is 19.6. The minimum absolute atomic E-state index is 0.0195. The highest BCUT2D eigenvalue weighted by Crippen LogP contribution is 2.22. The molecular formula is C25H23N3O2. The van der Waals surface area contributed by atoms with E-state index in [-0.39, 0.29) is 24.2 Å². The van der Waals surface area contributed by atoms with Gasteiger partial charge < -0.3 is 10.2 Å². The first-order chi connectivity index (χ1) is 14.7. The van der Waals surface area contributed by atoms with Crippen LogP contribution in [0.1, 0.15) is 23.2 Å². The van der Waals surface area contributed by atoms with E-state index in [1.165, 1.54) is 0 Å². The van der Waals surface area contributed by atoms with Gasteiger partial charge in [-0.25, -0.2) is 0 Å². The van der Waals surface area contributed by atoms with E-state index in [4.69, 9.17) is 0 Å². The fourth-order valence-corrected chi connectivity index (χ4v) is 3.53. The normalized spacial score (nSPS) is 16.2. The molecule has 3 aromatic rings. The van der Waals surface area contributed by atoms with Gasteiger partial charge in [0.25, 0.3) is 0 Å². The van der Waals surface area contributed by atoms with Crippen LogP contribution >= 0.6 is 0 Å². The van der Waals surface area contributed by atoms with Gasteiger partial charge in [0.2, 0.25) is 11.8 Å². The van der Waals surface area contributed by atoms with E-state index in [0.29, 0.717) is 13.1 Å². The van der Waals surface area contributed by atoms with Gasteiger partial charge in [-0.1, -0.05) is 54.6 Å². The lowest BCUT2D eigenvalue weighted by atomic mass is 10.1. The van der Waals surface area contributed by atoms with Gasteiger partial charge in [0, 0.05) is 31.4 Å². The second-order valence-electron chi connectivity index (χ2n) is 7.36. The first-order valence-electron chi connectivity index (χ1n) is 9.99. The minimum atomic E-state index is -0.339. The van der Waals surface area contributed by atoms with Crippen LogP contribution in [0.15, 0.2) is 79.0 Å². The number of nitrogens with one attached hydrogen (secondary N) is 1. The molecule has 1 aromatic heterocycles. The Labute approximate surface area is 176 Å². The number of hydrogen-bond acceptors (Lipinski definition) is 3. The summed E-state index contributed by atoms with van der Waals surface area (Å²) in [4.78, 5) is 31.1. The van der Waals surface area contributed by atoms with Crippen LogP contribution in [-0.2, 0) is 16.1 Å². The van der Waals surface area contributed by atoms with E-state index in [1.807, 2.05) is 84.9 Å². The number of aromatic nitrogens is 1. The standard InChI is InChI=1S/C25H23N3O2/c29-24-16-21(18-28(24)17-20-7-2-1-3-8-20)25(30)27-23-11-6-9-19(15-23)12-13-22-10-4-5-14-26-22/h1-15,21H,16-18H2,(H,27,30). The van der Waals surface area contributed by atoms with E-state index in [0.717, 1.165) is 22.5 Å². The smallest absolute Gasteiger partial charge is 0.229 e. The number of anilines is 1. The molecule has 0 spiro atoms. The average molecular weight is 397 g/mol.